The van der Waals surface area contributed by atoms with Gasteiger partial charge in [-0.1, -0.05) is 23.2 Å². The zero-order valence-corrected chi connectivity index (χ0v) is 11.7. The van der Waals surface area contributed by atoms with E-state index >= 15 is 0 Å². The molecule has 0 spiro atoms. The molecule has 5 nitrogen and oxygen atoms in total. The number of ether oxygens (including phenoxy) is 1. The molecule has 0 saturated heterocycles. The van der Waals surface area contributed by atoms with Crippen molar-refractivity contribution in [2.24, 2.45) is 5.73 Å². The SMILES string of the molecule is COC1(CC(=O)Nc2ncc(C#CCN)s2)CCC1. The Labute approximate surface area is 116 Å². The van der Waals surface area contributed by atoms with Crippen molar-refractivity contribution >= 4 is 22.4 Å². The van der Waals surface area contributed by atoms with Gasteiger partial charge in [-0.25, -0.2) is 4.98 Å². The van der Waals surface area contributed by atoms with Crippen LogP contribution in [0.25, 0.3) is 0 Å². The van der Waals surface area contributed by atoms with Crippen molar-refractivity contribution in [3.8, 4) is 11.8 Å². The quantitative estimate of drug-likeness (QED) is 0.816. The van der Waals surface area contributed by atoms with Gasteiger partial charge in [0, 0.05) is 7.11 Å². The molecule has 3 N–H and O–H groups in total. The minimum atomic E-state index is -0.260. The molecule has 102 valence electrons. The van der Waals surface area contributed by atoms with E-state index in [-0.39, 0.29) is 11.5 Å². The number of hydrogen-bond acceptors (Lipinski definition) is 5. The smallest absolute Gasteiger partial charge is 0.229 e. The number of aromatic nitrogens is 1. The predicted octanol–water partition coefficient (Wildman–Crippen LogP) is 1.35. The zero-order chi connectivity index (χ0) is 13.7. The van der Waals surface area contributed by atoms with Gasteiger partial charge < -0.3 is 15.8 Å². The number of nitrogens with two attached hydrogens (primary N) is 1. The molecule has 0 radical (unpaired) electrons. The second-order valence-electron chi connectivity index (χ2n) is 4.50. The number of nitrogens with zero attached hydrogens (tertiary/aromatic N) is 1. The Bertz CT molecular complexity index is 506. The van der Waals surface area contributed by atoms with E-state index in [2.05, 4.69) is 22.1 Å². The standard InChI is InChI=1S/C13H17N3O2S/c1-18-13(5-3-6-13)8-11(17)16-12-15-9-10(19-12)4-2-7-14/h9H,3,5-8,14H2,1H3,(H,15,16,17). The molecular formula is C13H17N3O2S. The molecule has 1 aliphatic rings. The molecule has 6 heteroatoms. The van der Waals surface area contributed by atoms with Crippen LogP contribution < -0.4 is 11.1 Å². The van der Waals surface area contributed by atoms with Crippen molar-refractivity contribution in [1.82, 2.24) is 4.98 Å². The average Bonchev–Trinajstić information content (AvgIpc) is 2.79. The van der Waals surface area contributed by atoms with Gasteiger partial charge in [-0.2, -0.15) is 0 Å². The van der Waals surface area contributed by atoms with E-state index in [1.165, 1.54) is 11.3 Å². The molecule has 1 saturated carbocycles. The molecule has 0 atom stereocenters. The van der Waals surface area contributed by atoms with Crippen LogP contribution in [0.5, 0.6) is 0 Å². The van der Waals surface area contributed by atoms with Gasteiger partial charge in [0.15, 0.2) is 5.13 Å². The van der Waals surface area contributed by atoms with Crippen molar-refractivity contribution in [1.29, 1.82) is 0 Å². The van der Waals surface area contributed by atoms with Crippen molar-refractivity contribution in [3.63, 3.8) is 0 Å². The molecule has 0 aromatic carbocycles. The second kappa shape index (κ2) is 6.15. The lowest BCUT2D eigenvalue weighted by Crippen LogP contribution is -2.42. The van der Waals surface area contributed by atoms with Crippen LogP contribution in [0.15, 0.2) is 6.20 Å². The van der Waals surface area contributed by atoms with Gasteiger partial charge in [0.25, 0.3) is 0 Å². The Morgan fingerprint density at radius 3 is 3.05 bits per heavy atom. The van der Waals surface area contributed by atoms with Gasteiger partial charge in [0.2, 0.25) is 5.91 Å². The van der Waals surface area contributed by atoms with Crippen LogP contribution in [0.3, 0.4) is 0 Å². The lowest BCUT2D eigenvalue weighted by molar-refractivity contribution is -0.129. The molecule has 19 heavy (non-hydrogen) atoms. The van der Waals surface area contributed by atoms with E-state index in [0.717, 1.165) is 24.1 Å². The Kier molecular flexibility index (Phi) is 4.53. The summed E-state index contributed by atoms with van der Waals surface area (Å²) in [7, 11) is 1.66. The second-order valence-corrected chi connectivity index (χ2v) is 5.53. The maximum Gasteiger partial charge on any atom is 0.229 e. The number of amides is 1. The number of carbonyl (C=O) groups excluding carboxylic acids is 1. The zero-order valence-electron chi connectivity index (χ0n) is 10.9. The number of anilines is 1. The summed E-state index contributed by atoms with van der Waals surface area (Å²) >= 11 is 1.35. The minimum Gasteiger partial charge on any atom is -0.378 e. The summed E-state index contributed by atoms with van der Waals surface area (Å²) in [6.07, 6.45) is 5.03. The molecule has 0 unspecified atom stereocenters. The minimum absolute atomic E-state index is 0.0609. The van der Waals surface area contributed by atoms with Crippen molar-refractivity contribution in [2.45, 2.75) is 31.3 Å². The van der Waals surface area contributed by atoms with E-state index in [9.17, 15) is 4.79 Å². The highest BCUT2D eigenvalue weighted by molar-refractivity contribution is 7.16. The van der Waals surface area contributed by atoms with Crippen molar-refractivity contribution in [2.75, 3.05) is 19.0 Å². The Morgan fingerprint density at radius 2 is 2.47 bits per heavy atom. The van der Waals surface area contributed by atoms with Crippen LogP contribution in [-0.4, -0.2) is 30.1 Å². The summed E-state index contributed by atoms with van der Waals surface area (Å²) in [6, 6.07) is 0. The summed E-state index contributed by atoms with van der Waals surface area (Å²) in [5, 5.41) is 3.35. The monoisotopic (exact) mass is 279 g/mol. The summed E-state index contributed by atoms with van der Waals surface area (Å²) in [4.78, 5) is 16.8. The first-order valence-corrected chi connectivity index (χ1v) is 6.99. The lowest BCUT2D eigenvalue weighted by Gasteiger charge is -2.39. The third-order valence-electron chi connectivity index (χ3n) is 3.25. The summed E-state index contributed by atoms with van der Waals surface area (Å²) in [6.45, 7) is 0.315. The molecule has 1 amide bonds. The molecule has 0 aliphatic heterocycles. The van der Waals surface area contributed by atoms with Gasteiger partial charge in [-0.05, 0) is 19.3 Å². The Morgan fingerprint density at radius 1 is 1.68 bits per heavy atom. The number of rotatable bonds is 4. The van der Waals surface area contributed by atoms with E-state index in [1.807, 2.05) is 0 Å². The molecule has 1 heterocycles. The van der Waals surface area contributed by atoms with Crippen LogP contribution in [-0.2, 0) is 9.53 Å². The van der Waals surface area contributed by atoms with E-state index in [0.29, 0.717) is 18.1 Å². The fourth-order valence-electron chi connectivity index (χ4n) is 2.01. The highest BCUT2D eigenvalue weighted by Crippen LogP contribution is 2.38. The maximum absolute atomic E-state index is 11.9. The normalized spacial score (nSPS) is 16.1. The first-order valence-electron chi connectivity index (χ1n) is 6.17. The van der Waals surface area contributed by atoms with Gasteiger partial charge in [-0.3, -0.25) is 4.79 Å². The highest BCUT2D eigenvalue weighted by Gasteiger charge is 2.39. The van der Waals surface area contributed by atoms with E-state index in [1.54, 1.807) is 13.3 Å². The highest BCUT2D eigenvalue weighted by atomic mass is 32.1. The fourth-order valence-corrected chi connectivity index (χ4v) is 2.72. The third-order valence-corrected chi connectivity index (χ3v) is 4.07. The summed E-state index contributed by atoms with van der Waals surface area (Å²) in [5.41, 5.74) is 5.04. The summed E-state index contributed by atoms with van der Waals surface area (Å²) in [5.74, 6) is 5.58. The molecule has 1 aromatic rings. The van der Waals surface area contributed by atoms with Crippen LogP contribution in [0.1, 0.15) is 30.6 Å². The Hall–Kier alpha value is -1.42. The number of thiazole rings is 1. The van der Waals surface area contributed by atoms with Crippen molar-refractivity contribution < 1.29 is 9.53 Å². The molecule has 0 bridgehead atoms. The summed E-state index contributed by atoms with van der Waals surface area (Å²) < 4.78 is 5.43. The number of hydrogen-bond donors (Lipinski definition) is 2. The van der Waals surface area contributed by atoms with Gasteiger partial charge in [0.05, 0.1) is 29.6 Å². The average molecular weight is 279 g/mol. The largest absolute Gasteiger partial charge is 0.378 e. The van der Waals surface area contributed by atoms with Gasteiger partial charge in [0.1, 0.15) is 0 Å². The first-order chi connectivity index (χ1) is 9.17. The fraction of sp³-hybridized carbons (Fsp3) is 0.538. The maximum atomic E-state index is 11.9. The van der Waals surface area contributed by atoms with Crippen LogP contribution in [0, 0.1) is 11.8 Å². The molecule has 1 fully saturated rings. The number of methoxy groups -OCH3 is 1. The number of carbonyl (C=O) groups is 1. The number of nitrogens with one attached hydrogen (secondary N) is 1. The predicted molar refractivity (Wildman–Crippen MR) is 74.9 cm³/mol. The van der Waals surface area contributed by atoms with E-state index in [4.69, 9.17) is 10.5 Å². The molecule has 1 aliphatic carbocycles. The van der Waals surface area contributed by atoms with Gasteiger partial charge >= 0.3 is 0 Å². The molecular weight excluding hydrogens is 262 g/mol. The van der Waals surface area contributed by atoms with E-state index < -0.39 is 0 Å². The van der Waals surface area contributed by atoms with Crippen molar-refractivity contribution in [3.05, 3.63) is 11.1 Å². The van der Waals surface area contributed by atoms with Crippen LogP contribution in [0.4, 0.5) is 5.13 Å². The third kappa shape index (κ3) is 3.53. The lowest BCUT2D eigenvalue weighted by atomic mass is 9.77. The van der Waals surface area contributed by atoms with Crippen LogP contribution in [0.2, 0.25) is 0 Å². The molecule has 1 aromatic heterocycles. The van der Waals surface area contributed by atoms with Crippen LogP contribution >= 0.6 is 11.3 Å². The topological polar surface area (TPSA) is 77.2 Å². The first kappa shape index (κ1) is 14.0. The Balaban J connectivity index is 1.90. The molecule has 2 rings (SSSR count). The van der Waals surface area contributed by atoms with Gasteiger partial charge in [-0.15, -0.1) is 0 Å².